The highest BCUT2D eigenvalue weighted by Gasteiger charge is 2.17. The number of nitro groups is 1. The smallest absolute Gasteiger partial charge is 0.271 e. The lowest BCUT2D eigenvalue weighted by atomic mass is 10.2. The van der Waals surface area contributed by atoms with Gasteiger partial charge in [0.1, 0.15) is 30.5 Å². The Kier molecular flexibility index (Phi) is 5.57. The maximum absolute atomic E-state index is 14.0. The second-order valence-corrected chi connectivity index (χ2v) is 6.67. The van der Waals surface area contributed by atoms with Crippen LogP contribution in [-0.2, 0) is 17.9 Å². The number of aromatic nitrogens is 2. The van der Waals surface area contributed by atoms with Gasteiger partial charge in [0.05, 0.1) is 21.6 Å². The molecule has 0 radical (unpaired) electrons. The van der Waals surface area contributed by atoms with Crippen LogP contribution in [0, 0.1) is 15.9 Å². The maximum Gasteiger partial charge on any atom is 0.271 e. The lowest BCUT2D eigenvalue weighted by molar-refractivity contribution is -0.384. The second kappa shape index (κ2) is 8.62. The van der Waals surface area contributed by atoms with Crippen LogP contribution in [-0.4, -0.2) is 20.4 Å². The predicted molar refractivity (Wildman–Crippen MR) is 112 cm³/mol. The number of nitrogens with one attached hydrogen (secondary N) is 1. The molecular formula is C22H17FN4O4. The normalized spacial score (nSPS) is 10.7. The molecule has 156 valence electrons. The van der Waals surface area contributed by atoms with Gasteiger partial charge >= 0.3 is 0 Å². The molecule has 0 saturated heterocycles. The molecule has 0 unspecified atom stereocenters. The van der Waals surface area contributed by atoms with Crippen LogP contribution in [0.4, 0.5) is 15.8 Å². The van der Waals surface area contributed by atoms with E-state index < -0.39 is 16.6 Å². The molecule has 0 fully saturated rings. The minimum Gasteiger partial charge on any atom is -0.486 e. The number of imidazole rings is 1. The lowest BCUT2D eigenvalue weighted by Gasteiger charge is -2.11. The van der Waals surface area contributed by atoms with Crippen molar-refractivity contribution in [3.05, 3.63) is 94.6 Å². The van der Waals surface area contributed by atoms with Crippen molar-refractivity contribution in [2.45, 2.75) is 13.2 Å². The molecule has 0 aliphatic heterocycles. The number of ether oxygens (including phenoxy) is 1. The Morgan fingerprint density at radius 3 is 2.61 bits per heavy atom. The first-order valence-electron chi connectivity index (χ1n) is 9.37. The van der Waals surface area contributed by atoms with E-state index in [4.69, 9.17) is 4.74 Å². The molecule has 8 nitrogen and oxygen atoms in total. The van der Waals surface area contributed by atoms with Gasteiger partial charge in [-0.3, -0.25) is 14.9 Å². The van der Waals surface area contributed by atoms with Gasteiger partial charge < -0.3 is 14.6 Å². The van der Waals surface area contributed by atoms with Crippen molar-refractivity contribution in [2.24, 2.45) is 0 Å². The van der Waals surface area contributed by atoms with E-state index in [0.29, 0.717) is 22.6 Å². The summed E-state index contributed by atoms with van der Waals surface area (Å²) in [4.78, 5) is 27.5. The number of carbonyl (C=O) groups excluding carboxylic acids is 1. The average Bonchev–Trinajstić information content (AvgIpc) is 3.11. The summed E-state index contributed by atoms with van der Waals surface area (Å²) < 4.78 is 21.5. The van der Waals surface area contributed by atoms with Crippen LogP contribution in [0.1, 0.15) is 5.82 Å². The summed E-state index contributed by atoms with van der Waals surface area (Å²) >= 11 is 0. The van der Waals surface area contributed by atoms with E-state index in [1.165, 1.54) is 0 Å². The zero-order valence-corrected chi connectivity index (χ0v) is 16.2. The number of halogens is 1. The quantitative estimate of drug-likeness (QED) is 0.355. The molecule has 1 heterocycles. The van der Waals surface area contributed by atoms with Crippen molar-refractivity contribution in [3.63, 3.8) is 0 Å². The number of nitro benzene ring substituents is 1. The Labute approximate surface area is 176 Å². The summed E-state index contributed by atoms with van der Waals surface area (Å²) in [6.07, 6.45) is 0. The number of benzene rings is 3. The van der Waals surface area contributed by atoms with Crippen LogP contribution in [0.3, 0.4) is 0 Å². The maximum atomic E-state index is 14.0. The molecule has 3 aromatic carbocycles. The van der Waals surface area contributed by atoms with E-state index in [2.05, 4.69) is 10.3 Å². The van der Waals surface area contributed by atoms with Crippen molar-refractivity contribution >= 4 is 28.3 Å². The Morgan fingerprint density at radius 2 is 1.84 bits per heavy atom. The molecule has 4 aromatic rings. The topological polar surface area (TPSA) is 99.3 Å². The van der Waals surface area contributed by atoms with Crippen LogP contribution in [0.25, 0.3) is 11.0 Å². The minimum atomic E-state index is -0.762. The van der Waals surface area contributed by atoms with Crippen LogP contribution < -0.4 is 10.1 Å². The van der Waals surface area contributed by atoms with E-state index in [1.54, 1.807) is 4.57 Å². The molecule has 0 bridgehead atoms. The number of carbonyl (C=O) groups is 1. The molecule has 0 saturated carbocycles. The minimum absolute atomic E-state index is 0.122. The van der Waals surface area contributed by atoms with Gasteiger partial charge in [0, 0.05) is 12.1 Å². The molecule has 1 N–H and O–H groups in total. The van der Waals surface area contributed by atoms with Gasteiger partial charge in [-0.2, -0.15) is 0 Å². The molecule has 0 aliphatic carbocycles. The van der Waals surface area contributed by atoms with Crippen LogP contribution in [0.2, 0.25) is 0 Å². The Hall–Kier alpha value is -4.27. The number of para-hydroxylation sites is 3. The molecule has 4 rings (SSSR count). The third kappa shape index (κ3) is 4.50. The number of anilines is 1. The SMILES string of the molecule is O=C(Cn1c(COc2ccccc2)nc2ccccc21)Nc1cc([N+](=O)[O-])ccc1F. The average molecular weight is 420 g/mol. The van der Waals surface area contributed by atoms with Crippen LogP contribution in [0.5, 0.6) is 5.75 Å². The fourth-order valence-corrected chi connectivity index (χ4v) is 3.13. The highest BCUT2D eigenvalue weighted by molar-refractivity contribution is 5.92. The standard InChI is InChI=1S/C22H17FN4O4/c23-17-11-10-15(27(29)30)12-19(17)25-22(28)13-26-20-9-5-4-8-18(20)24-21(26)14-31-16-6-2-1-3-7-16/h1-12H,13-14H2,(H,25,28). The lowest BCUT2D eigenvalue weighted by Crippen LogP contribution is -2.21. The van der Waals surface area contributed by atoms with E-state index >= 15 is 0 Å². The zero-order valence-electron chi connectivity index (χ0n) is 16.2. The van der Waals surface area contributed by atoms with Gasteiger partial charge in [0.15, 0.2) is 0 Å². The Balaban J connectivity index is 1.58. The molecule has 0 atom stereocenters. The molecule has 1 aromatic heterocycles. The summed E-state index contributed by atoms with van der Waals surface area (Å²) in [5.74, 6) is -0.144. The first-order chi connectivity index (χ1) is 15.0. The van der Waals surface area contributed by atoms with Crippen molar-refractivity contribution < 1.29 is 18.8 Å². The van der Waals surface area contributed by atoms with E-state index in [9.17, 15) is 19.3 Å². The largest absolute Gasteiger partial charge is 0.486 e. The number of hydrogen-bond donors (Lipinski definition) is 1. The van der Waals surface area contributed by atoms with Gasteiger partial charge in [-0.25, -0.2) is 9.37 Å². The Morgan fingerprint density at radius 1 is 1.10 bits per heavy atom. The van der Waals surface area contributed by atoms with E-state index in [0.717, 1.165) is 18.2 Å². The van der Waals surface area contributed by atoms with Gasteiger partial charge in [-0.1, -0.05) is 30.3 Å². The molecule has 1 amide bonds. The summed E-state index contributed by atoms with van der Waals surface area (Å²) in [5.41, 5.74) is 0.819. The zero-order chi connectivity index (χ0) is 21.8. The van der Waals surface area contributed by atoms with Gasteiger partial charge in [0.2, 0.25) is 5.91 Å². The van der Waals surface area contributed by atoms with Crippen molar-refractivity contribution in [3.8, 4) is 5.75 Å². The third-order valence-corrected chi connectivity index (χ3v) is 4.58. The van der Waals surface area contributed by atoms with Crippen molar-refractivity contribution in [2.75, 3.05) is 5.32 Å². The number of rotatable bonds is 7. The van der Waals surface area contributed by atoms with Crippen molar-refractivity contribution in [1.29, 1.82) is 0 Å². The van der Waals surface area contributed by atoms with Crippen LogP contribution >= 0.6 is 0 Å². The molecular weight excluding hydrogens is 403 g/mol. The molecule has 31 heavy (non-hydrogen) atoms. The molecule has 0 aliphatic rings. The molecule has 0 spiro atoms. The molecule has 9 heteroatoms. The van der Waals surface area contributed by atoms with Crippen LogP contribution in [0.15, 0.2) is 72.8 Å². The summed E-state index contributed by atoms with van der Waals surface area (Å²) in [7, 11) is 0. The highest BCUT2D eigenvalue weighted by Crippen LogP contribution is 2.22. The highest BCUT2D eigenvalue weighted by atomic mass is 19.1. The van der Waals surface area contributed by atoms with Gasteiger partial charge in [0.25, 0.3) is 5.69 Å². The van der Waals surface area contributed by atoms with E-state index in [1.807, 2.05) is 54.6 Å². The first kappa shape index (κ1) is 20.0. The van der Waals surface area contributed by atoms with E-state index in [-0.39, 0.29) is 24.5 Å². The fourth-order valence-electron chi connectivity index (χ4n) is 3.13. The summed E-state index contributed by atoms with van der Waals surface area (Å²) in [5, 5.41) is 13.3. The number of fused-ring (bicyclic) bond motifs is 1. The number of non-ortho nitro benzene ring substituents is 1. The van der Waals surface area contributed by atoms with Gasteiger partial charge in [-0.15, -0.1) is 0 Å². The number of amides is 1. The fraction of sp³-hybridized carbons (Fsp3) is 0.0909. The third-order valence-electron chi connectivity index (χ3n) is 4.58. The first-order valence-corrected chi connectivity index (χ1v) is 9.37. The number of nitrogens with zero attached hydrogens (tertiary/aromatic N) is 3. The predicted octanol–water partition coefficient (Wildman–Crippen LogP) is 4.30. The summed E-state index contributed by atoms with van der Waals surface area (Å²) in [6, 6.07) is 19.4. The second-order valence-electron chi connectivity index (χ2n) is 6.67. The summed E-state index contributed by atoms with van der Waals surface area (Å²) in [6.45, 7) is -0.0483. The monoisotopic (exact) mass is 420 g/mol. The van der Waals surface area contributed by atoms with Crippen molar-refractivity contribution in [1.82, 2.24) is 9.55 Å². The van der Waals surface area contributed by atoms with Gasteiger partial charge in [-0.05, 0) is 30.3 Å². The Bertz CT molecular complexity index is 1260. The number of hydrogen-bond acceptors (Lipinski definition) is 5.